The monoisotopic (exact) mass is 343 g/mol. The molecule has 20 heavy (non-hydrogen) atoms. The number of aromatic nitrogens is 2. The van der Waals surface area contributed by atoms with Gasteiger partial charge in [0.15, 0.2) is 17.4 Å². The summed E-state index contributed by atoms with van der Waals surface area (Å²) in [7, 11) is 0. The van der Waals surface area contributed by atoms with E-state index in [0.29, 0.717) is 6.07 Å². The molecule has 1 heterocycles. The third kappa shape index (κ3) is 3.70. The Kier molecular flexibility index (Phi) is 4.57. The molecular weight excluding hydrogens is 336 g/mol. The van der Waals surface area contributed by atoms with Gasteiger partial charge in [-0.2, -0.15) is 0 Å². The number of alkyl halides is 1. The zero-order valence-corrected chi connectivity index (χ0v) is 11.5. The molecular formula is C12H8BrF2N3O2. The van der Waals surface area contributed by atoms with Crippen LogP contribution in [0.15, 0.2) is 30.6 Å². The van der Waals surface area contributed by atoms with Gasteiger partial charge in [0.1, 0.15) is 5.82 Å². The van der Waals surface area contributed by atoms with E-state index in [2.05, 4.69) is 31.2 Å². The summed E-state index contributed by atoms with van der Waals surface area (Å²) in [6.45, 7) is 0. The Morgan fingerprint density at radius 3 is 2.70 bits per heavy atom. The molecule has 0 saturated carbocycles. The maximum Gasteiger partial charge on any atom is 0.238 e. The van der Waals surface area contributed by atoms with Crippen molar-refractivity contribution in [1.29, 1.82) is 0 Å². The number of hydrogen-bond donors (Lipinski definition) is 1. The minimum Gasteiger partial charge on any atom is -0.434 e. The van der Waals surface area contributed by atoms with Crippen LogP contribution in [-0.2, 0) is 4.79 Å². The topological polar surface area (TPSA) is 64.1 Å². The first-order chi connectivity index (χ1) is 9.58. The van der Waals surface area contributed by atoms with Crippen LogP contribution in [0.2, 0.25) is 0 Å². The van der Waals surface area contributed by atoms with Gasteiger partial charge in [0.05, 0.1) is 17.7 Å². The number of hydrogen-bond acceptors (Lipinski definition) is 4. The lowest BCUT2D eigenvalue weighted by Crippen LogP contribution is -2.13. The quantitative estimate of drug-likeness (QED) is 0.867. The first-order valence-corrected chi connectivity index (χ1v) is 6.51. The predicted molar refractivity (Wildman–Crippen MR) is 70.9 cm³/mol. The van der Waals surface area contributed by atoms with Gasteiger partial charge in [-0.1, -0.05) is 15.9 Å². The van der Waals surface area contributed by atoms with E-state index in [1.807, 2.05) is 0 Å². The van der Waals surface area contributed by atoms with Crippen LogP contribution in [0, 0.1) is 11.6 Å². The van der Waals surface area contributed by atoms with Crippen LogP contribution >= 0.6 is 15.9 Å². The number of rotatable bonds is 4. The van der Waals surface area contributed by atoms with Crippen LogP contribution < -0.4 is 10.1 Å². The van der Waals surface area contributed by atoms with Crippen molar-refractivity contribution in [3.8, 4) is 11.6 Å². The number of carbonyl (C=O) groups excluding carboxylic acids is 1. The molecule has 0 saturated heterocycles. The van der Waals surface area contributed by atoms with Crippen molar-refractivity contribution in [3.63, 3.8) is 0 Å². The largest absolute Gasteiger partial charge is 0.434 e. The molecule has 1 aromatic heterocycles. The molecule has 8 heteroatoms. The number of anilines is 1. The van der Waals surface area contributed by atoms with Gasteiger partial charge in [0.25, 0.3) is 0 Å². The average Bonchev–Trinajstić information content (AvgIpc) is 2.44. The lowest BCUT2D eigenvalue weighted by Gasteiger charge is -2.06. The molecule has 104 valence electrons. The van der Waals surface area contributed by atoms with Crippen molar-refractivity contribution >= 4 is 27.7 Å². The summed E-state index contributed by atoms with van der Waals surface area (Å²) in [6.07, 6.45) is 2.48. The maximum absolute atomic E-state index is 13.4. The molecule has 0 aliphatic heterocycles. The lowest BCUT2D eigenvalue weighted by molar-refractivity contribution is -0.113. The molecule has 0 radical (unpaired) electrons. The number of ether oxygens (including phenoxy) is 1. The van der Waals surface area contributed by atoms with Crippen LogP contribution in [0.4, 0.5) is 14.6 Å². The predicted octanol–water partition coefficient (Wildman–Crippen LogP) is 2.88. The molecule has 1 amide bonds. The zero-order valence-electron chi connectivity index (χ0n) is 9.94. The fourth-order valence-corrected chi connectivity index (χ4v) is 1.42. The smallest absolute Gasteiger partial charge is 0.238 e. The highest BCUT2D eigenvalue weighted by Crippen LogP contribution is 2.23. The third-order valence-corrected chi connectivity index (χ3v) is 2.63. The highest BCUT2D eigenvalue weighted by molar-refractivity contribution is 9.09. The van der Waals surface area contributed by atoms with Crippen molar-refractivity contribution in [1.82, 2.24) is 9.97 Å². The van der Waals surface area contributed by atoms with Crippen LogP contribution in [0.5, 0.6) is 11.6 Å². The number of nitrogens with one attached hydrogen (secondary N) is 1. The molecule has 0 fully saturated rings. The fourth-order valence-electron chi connectivity index (χ4n) is 1.28. The maximum atomic E-state index is 13.4. The van der Waals surface area contributed by atoms with Gasteiger partial charge in [0.2, 0.25) is 11.8 Å². The summed E-state index contributed by atoms with van der Waals surface area (Å²) in [5.74, 6) is -1.73. The van der Waals surface area contributed by atoms with Crippen LogP contribution in [0.1, 0.15) is 0 Å². The summed E-state index contributed by atoms with van der Waals surface area (Å²) in [5, 5.41) is 2.60. The molecule has 1 N–H and O–H groups in total. The van der Waals surface area contributed by atoms with Crippen molar-refractivity contribution < 1.29 is 18.3 Å². The Hall–Kier alpha value is -2.09. The van der Waals surface area contributed by atoms with E-state index in [0.717, 1.165) is 12.1 Å². The van der Waals surface area contributed by atoms with E-state index >= 15 is 0 Å². The summed E-state index contributed by atoms with van der Waals surface area (Å²) < 4.78 is 31.2. The summed E-state index contributed by atoms with van der Waals surface area (Å²) in [4.78, 5) is 18.8. The zero-order chi connectivity index (χ0) is 14.5. The Bertz CT molecular complexity index is 623. The summed E-state index contributed by atoms with van der Waals surface area (Å²) in [6, 6.07) is 2.91. The van der Waals surface area contributed by atoms with E-state index in [4.69, 9.17) is 4.74 Å². The van der Waals surface area contributed by atoms with Crippen LogP contribution in [-0.4, -0.2) is 21.2 Å². The van der Waals surface area contributed by atoms with E-state index in [1.165, 1.54) is 12.4 Å². The van der Waals surface area contributed by atoms with Crippen molar-refractivity contribution in [2.24, 2.45) is 0 Å². The fraction of sp³-hybridized carbons (Fsp3) is 0.0833. The Balaban J connectivity index is 2.08. The highest BCUT2D eigenvalue weighted by Gasteiger charge is 2.08. The standard InChI is InChI=1S/C12H8BrF2N3O2/c13-4-11(19)18-10-5-17-12(6-16-10)20-9-2-1-7(14)3-8(9)15/h1-3,5-6H,4H2,(H,16,18,19). The van der Waals surface area contributed by atoms with Crippen molar-refractivity contribution in [3.05, 3.63) is 42.2 Å². The van der Waals surface area contributed by atoms with Gasteiger partial charge < -0.3 is 10.1 Å². The SMILES string of the molecule is O=C(CBr)Nc1cnc(Oc2ccc(F)cc2F)cn1. The van der Waals surface area contributed by atoms with E-state index in [9.17, 15) is 13.6 Å². The molecule has 0 bridgehead atoms. The second-order valence-corrected chi connectivity index (χ2v) is 4.16. The van der Waals surface area contributed by atoms with Crippen LogP contribution in [0.25, 0.3) is 0 Å². The molecule has 5 nitrogen and oxygen atoms in total. The van der Waals surface area contributed by atoms with Gasteiger partial charge in [-0.15, -0.1) is 0 Å². The molecule has 0 aliphatic rings. The molecule has 1 aromatic carbocycles. The van der Waals surface area contributed by atoms with Crippen molar-refractivity contribution in [2.45, 2.75) is 0 Å². The molecule has 0 aliphatic carbocycles. The molecule has 2 aromatic rings. The van der Waals surface area contributed by atoms with E-state index in [1.54, 1.807) is 0 Å². The normalized spacial score (nSPS) is 10.2. The lowest BCUT2D eigenvalue weighted by atomic mass is 10.3. The third-order valence-electron chi connectivity index (χ3n) is 2.13. The van der Waals surface area contributed by atoms with E-state index < -0.39 is 11.6 Å². The van der Waals surface area contributed by atoms with Gasteiger partial charge in [-0.3, -0.25) is 4.79 Å². The first kappa shape index (κ1) is 14.3. The minimum atomic E-state index is -0.844. The molecule has 2 rings (SSSR count). The van der Waals surface area contributed by atoms with Gasteiger partial charge in [-0.05, 0) is 12.1 Å². The summed E-state index contributed by atoms with van der Waals surface area (Å²) >= 11 is 2.99. The number of nitrogens with zero attached hydrogens (tertiary/aromatic N) is 2. The van der Waals surface area contributed by atoms with Gasteiger partial charge >= 0.3 is 0 Å². The molecule has 0 unspecified atom stereocenters. The Morgan fingerprint density at radius 2 is 2.10 bits per heavy atom. The Labute approximate surface area is 121 Å². The second kappa shape index (κ2) is 6.38. The minimum absolute atomic E-state index is 0.0207. The van der Waals surface area contributed by atoms with Gasteiger partial charge in [0, 0.05) is 6.07 Å². The average molecular weight is 344 g/mol. The van der Waals surface area contributed by atoms with Crippen molar-refractivity contribution in [2.75, 3.05) is 10.6 Å². The van der Waals surface area contributed by atoms with Crippen LogP contribution in [0.3, 0.4) is 0 Å². The number of amides is 1. The number of benzene rings is 1. The van der Waals surface area contributed by atoms with Gasteiger partial charge in [-0.25, -0.2) is 18.7 Å². The summed E-state index contributed by atoms with van der Waals surface area (Å²) in [5.41, 5.74) is 0. The van der Waals surface area contributed by atoms with E-state index in [-0.39, 0.29) is 28.7 Å². The number of halogens is 3. The Morgan fingerprint density at radius 1 is 1.30 bits per heavy atom. The highest BCUT2D eigenvalue weighted by atomic mass is 79.9. The molecule has 0 spiro atoms. The molecule has 0 atom stereocenters. The first-order valence-electron chi connectivity index (χ1n) is 5.39. The number of carbonyl (C=O) groups is 1. The second-order valence-electron chi connectivity index (χ2n) is 3.60.